The Morgan fingerprint density at radius 3 is 2.22 bits per heavy atom. The minimum atomic E-state index is -0.584. The van der Waals surface area contributed by atoms with Crippen molar-refractivity contribution in [3.05, 3.63) is 72.6 Å². The maximum Gasteiger partial charge on any atom is 0.319 e. The summed E-state index contributed by atoms with van der Waals surface area (Å²) >= 11 is 0. The number of urea groups is 1. The van der Waals surface area contributed by atoms with Crippen molar-refractivity contribution in [1.82, 2.24) is 25.2 Å². The molecule has 1 saturated heterocycles. The topological polar surface area (TPSA) is 95.4 Å². The molecule has 2 heterocycles. The van der Waals surface area contributed by atoms with Crippen LogP contribution in [0, 0.1) is 0 Å². The van der Waals surface area contributed by atoms with Crippen LogP contribution >= 0.6 is 0 Å². The Bertz CT molecular complexity index is 1150. The third-order valence-electron chi connectivity index (χ3n) is 7.17. The molecular formula is C27H33N7O2. The highest BCUT2D eigenvalue weighted by atomic mass is 16.2. The van der Waals surface area contributed by atoms with Gasteiger partial charge in [-0.3, -0.25) is 4.79 Å². The first-order valence-corrected chi connectivity index (χ1v) is 12.7. The molecule has 2 N–H and O–H groups in total. The average molecular weight is 488 g/mol. The summed E-state index contributed by atoms with van der Waals surface area (Å²) in [5.41, 5.74) is 2.06. The van der Waals surface area contributed by atoms with Gasteiger partial charge in [0, 0.05) is 37.6 Å². The fraction of sp³-hybridized carbons (Fsp3) is 0.407. The van der Waals surface area contributed by atoms with Gasteiger partial charge in [0.05, 0.1) is 11.7 Å². The molecule has 1 aliphatic carbocycles. The fourth-order valence-electron chi connectivity index (χ4n) is 5.19. The lowest BCUT2D eigenvalue weighted by Crippen LogP contribution is -2.49. The average Bonchev–Trinajstić information content (AvgIpc) is 3.39. The summed E-state index contributed by atoms with van der Waals surface area (Å²) in [6.45, 7) is 3.12. The molecule has 1 saturated carbocycles. The number of carbonyl (C=O) groups is 2. The van der Waals surface area contributed by atoms with E-state index in [1.54, 1.807) is 4.68 Å². The number of hydrogen-bond acceptors (Lipinski definition) is 5. The molecule has 0 atom stereocenters. The number of aromatic nitrogens is 3. The molecule has 3 amide bonds. The van der Waals surface area contributed by atoms with Gasteiger partial charge in [0.15, 0.2) is 0 Å². The zero-order valence-electron chi connectivity index (χ0n) is 20.5. The number of carbonyl (C=O) groups excluding carboxylic acids is 2. The zero-order chi connectivity index (χ0) is 24.8. The van der Waals surface area contributed by atoms with Crippen molar-refractivity contribution < 1.29 is 9.59 Å². The number of rotatable bonds is 6. The van der Waals surface area contributed by atoms with Gasteiger partial charge in [0.2, 0.25) is 5.91 Å². The monoisotopic (exact) mass is 487 g/mol. The normalized spacial score (nSPS) is 17.4. The van der Waals surface area contributed by atoms with Crippen LogP contribution in [0.25, 0.3) is 0 Å². The van der Waals surface area contributed by atoms with Crippen LogP contribution < -0.4 is 15.5 Å². The Kier molecular flexibility index (Phi) is 7.16. The predicted octanol–water partition coefficient (Wildman–Crippen LogP) is 3.61. The van der Waals surface area contributed by atoms with E-state index in [0.29, 0.717) is 18.8 Å². The largest absolute Gasteiger partial charge is 0.368 e. The van der Waals surface area contributed by atoms with Crippen LogP contribution in [0.2, 0.25) is 0 Å². The SMILES string of the molecule is O=C(Nc1ccccc1)NC1(c2cn(CC(=O)N3CCN(c4ccccc4)CC3)nn2)CCCCC1. The van der Waals surface area contributed by atoms with Crippen LogP contribution in [0.1, 0.15) is 37.8 Å². The highest BCUT2D eigenvalue weighted by Gasteiger charge is 2.38. The van der Waals surface area contributed by atoms with Gasteiger partial charge in [0.1, 0.15) is 12.2 Å². The van der Waals surface area contributed by atoms with Crippen molar-refractivity contribution in [2.45, 2.75) is 44.2 Å². The summed E-state index contributed by atoms with van der Waals surface area (Å²) in [5.74, 6) is 0.0339. The van der Waals surface area contributed by atoms with Crippen LogP contribution in [0.5, 0.6) is 0 Å². The lowest BCUT2D eigenvalue weighted by molar-refractivity contribution is -0.132. The minimum absolute atomic E-state index is 0.0339. The van der Waals surface area contributed by atoms with Gasteiger partial charge in [-0.15, -0.1) is 5.10 Å². The maximum absolute atomic E-state index is 13.0. The molecule has 0 spiro atoms. The summed E-state index contributed by atoms with van der Waals surface area (Å²) in [6, 6.07) is 19.4. The molecule has 0 unspecified atom stereocenters. The minimum Gasteiger partial charge on any atom is -0.368 e. The molecule has 0 radical (unpaired) electrons. The second kappa shape index (κ2) is 10.8. The molecule has 9 nitrogen and oxygen atoms in total. The van der Waals surface area contributed by atoms with E-state index >= 15 is 0 Å². The van der Waals surface area contributed by atoms with E-state index in [4.69, 9.17) is 0 Å². The van der Waals surface area contributed by atoms with Gasteiger partial charge < -0.3 is 20.4 Å². The Balaban J connectivity index is 1.21. The molecule has 0 bridgehead atoms. The molecule has 188 valence electrons. The summed E-state index contributed by atoms with van der Waals surface area (Å²) in [7, 11) is 0. The van der Waals surface area contributed by atoms with Crippen LogP contribution in [-0.4, -0.2) is 58.0 Å². The van der Waals surface area contributed by atoms with Crippen LogP contribution in [0.3, 0.4) is 0 Å². The molecule has 5 rings (SSSR count). The molecule has 9 heteroatoms. The Hall–Kier alpha value is -3.88. The van der Waals surface area contributed by atoms with E-state index in [-0.39, 0.29) is 18.5 Å². The number of piperazine rings is 1. The van der Waals surface area contributed by atoms with E-state index in [1.807, 2.05) is 59.6 Å². The summed E-state index contributed by atoms with van der Waals surface area (Å²) < 4.78 is 1.61. The Labute approximate surface area is 211 Å². The standard InChI is InChI=1S/C27H33N7O2/c35-25(33-18-16-32(17-19-33)23-12-6-2-7-13-23)21-34-20-24(30-31-34)27(14-8-3-9-15-27)29-26(36)28-22-10-4-1-5-11-22/h1-2,4-7,10-13,20H,3,8-9,14-19,21H2,(H2,28,29,36). The second-order valence-electron chi connectivity index (χ2n) is 9.59. The summed E-state index contributed by atoms with van der Waals surface area (Å²) in [4.78, 5) is 30.0. The number of nitrogens with one attached hydrogen (secondary N) is 2. The smallest absolute Gasteiger partial charge is 0.319 e. The number of anilines is 2. The molecule has 2 fully saturated rings. The molecule has 1 aromatic heterocycles. The van der Waals surface area contributed by atoms with Crippen molar-refractivity contribution in [3.8, 4) is 0 Å². The number of nitrogens with zero attached hydrogens (tertiary/aromatic N) is 5. The van der Waals surface area contributed by atoms with E-state index in [9.17, 15) is 9.59 Å². The lowest BCUT2D eigenvalue weighted by atomic mass is 9.79. The van der Waals surface area contributed by atoms with Crippen LogP contribution in [0.15, 0.2) is 66.9 Å². The number of para-hydroxylation sites is 2. The van der Waals surface area contributed by atoms with E-state index in [2.05, 4.69) is 38.0 Å². The van der Waals surface area contributed by atoms with E-state index < -0.39 is 5.54 Å². The highest BCUT2D eigenvalue weighted by molar-refractivity contribution is 5.89. The maximum atomic E-state index is 13.0. The zero-order valence-corrected chi connectivity index (χ0v) is 20.5. The van der Waals surface area contributed by atoms with E-state index in [0.717, 1.165) is 50.9 Å². The molecular weight excluding hydrogens is 454 g/mol. The van der Waals surface area contributed by atoms with Gasteiger partial charge in [0.25, 0.3) is 0 Å². The third-order valence-corrected chi connectivity index (χ3v) is 7.17. The second-order valence-corrected chi connectivity index (χ2v) is 9.59. The molecule has 1 aliphatic heterocycles. The molecule has 3 aromatic rings. The quantitative estimate of drug-likeness (QED) is 0.554. The Morgan fingerprint density at radius 1 is 0.861 bits per heavy atom. The van der Waals surface area contributed by atoms with Crippen molar-refractivity contribution in [2.24, 2.45) is 0 Å². The van der Waals surface area contributed by atoms with Gasteiger partial charge in [-0.05, 0) is 37.1 Å². The molecule has 2 aliphatic rings. The number of hydrogen-bond donors (Lipinski definition) is 2. The number of amides is 3. The molecule has 2 aromatic carbocycles. The first kappa shape index (κ1) is 23.8. The summed E-state index contributed by atoms with van der Waals surface area (Å²) in [6.07, 6.45) is 6.55. The Morgan fingerprint density at radius 2 is 1.53 bits per heavy atom. The van der Waals surface area contributed by atoms with Crippen molar-refractivity contribution in [3.63, 3.8) is 0 Å². The predicted molar refractivity (Wildman–Crippen MR) is 139 cm³/mol. The van der Waals surface area contributed by atoms with Crippen molar-refractivity contribution in [2.75, 3.05) is 36.4 Å². The van der Waals surface area contributed by atoms with Gasteiger partial charge in [-0.1, -0.05) is 60.9 Å². The van der Waals surface area contributed by atoms with Gasteiger partial charge >= 0.3 is 6.03 Å². The fourth-order valence-corrected chi connectivity index (χ4v) is 5.19. The first-order valence-electron chi connectivity index (χ1n) is 12.7. The van der Waals surface area contributed by atoms with Crippen LogP contribution in [0.4, 0.5) is 16.2 Å². The van der Waals surface area contributed by atoms with E-state index in [1.165, 1.54) is 5.69 Å². The third kappa shape index (κ3) is 5.50. The number of benzene rings is 2. The van der Waals surface area contributed by atoms with Crippen molar-refractivity contribution in [1.29, 1.82) is 0 Å². The van der Waals surface area contributed by atoms with Crippen molar-refractivity contribution >= 4 is 23.3 Å². The van der Waals surface area contributed by atoms with Gasteiger partial charge in [-0.25, -0.2) is 9.48 Å². The van der Waals surface area contributed by atoms with Crippen LogP contribution in [-0.2, 0) is 16.9 Å². The molecule has 36 heavy (non-hydrogen) atoms. The van der Waals surface area contributed by atoms with Gasteiger partial charge in [-0.2, -0.15) is 0 Å². The summed E-state index contributed by atoms with van der Waals surface area (Å²) in [5, 5.41) is 14.8. The lowest BCUT2D eigenvalue weighted by Gasteiger charge is -2.36. The first-order chi connectivity index (χ1) is 17.6. The highest BCUT2D eigenvalue weighted by Crippen LogP contribution is 2.36.